The second kappa shape index (κ2) is 6.36. The van der Waals surface area contributed by atoms with Gasteiger partial charge in [-0.15, -0.1) is 6.58 Å². The van der Waals surface area contributed by atoms with Crippen LogP contribution in [-0.4, -0.2) is 18.9 Å². The van der Waals surface area contributed by atoms with Crippen molar-refractivity contribution >= 4 is 10.1 Å². The highest BCUT2D eigenvalue weighted by molar-refractivity contribution is 7.85. The summed E-state index contributed by atoms with van der Waals surface area (Å²) in [4.78, 5) is -0.738. The smallest absolute Gasteiger partial charge is 0.282 e. The van der Waals surface area contributed by atoms with Crippen molar-refractivity contribution in [2.75, 3.05) is 0 Å². The molecule has 3 nitrogen and oxygen atoms in total. The van der Waals surface area contributed by atoms with Gasteiger partial charge in [0.05, 0.1) is 4.90 Å². The summed E-state index contributed by atoms with van der Waals surface area (Å²) >= 11 is 0. The van der Waals surface area contributed by atoms with Crippen LogP contribution in [0.1, 0.15) is 12.0 Å². The molecule has 1 aromatic carbocycles. The first kappa shape index (κ1) is 19.2. The van der Waals surface area contributed by atoms with Crippen LogP contribution in [0, 0.1) is 0 Å². The molecule has 0 saturated carbocycles. The van der Waals surface area contributed by atoms with Crippen molar-refractivity contribution < 1.29 is 39.3 Å². The third-order valence-corrected chi connectivity index (χ3v) is 3.84. The summed E-state index contributed by atoms with van der Waals surface area (Å²) in [6.45, 7) is 3.01. The first-order chi connectivity index (χ1) is 10.4. The SMILES string of the molecule is C=CCC(F)(c1ccc(S(=O)(=O)O)cc1)C(F)(F)C(F)=C(F)F. The monoisotopic (exact) mass is 360 g/mol. The van der Waals surface area contributed by atoms with E-state index >= 15 is 0 Å². The Balaban J connectivity index is 3.52. The van der Waals surface area contributed by atoms with Crippen LogP contribution in [-0.2, 0) is 15.8 Å². The minimum atomic E-state index is -5.22. The van der Waals surface area contributed by atoms with E-state index in [0.29, 0.717) is 30.3 Å². The molecule has 0 aliphatic heterocycles. The Morgan fingerprint density at radius 1 is 1.13 bits per heavy atom. The molecule has 0 aliphatic rings. The first-order valence-electron chi connectivity index (χ1n) is 5.85. The molecule has 1 atom stereocenters. The Morgan fingerprint density at radius 2 is 1.61 bits per heavy atom. The van der Waals surface area contributed by atoms with E-state index in [9.17, 15) is 34.8 Å². The van der Waals surface area contributed by atoms with Crippen LogP contribution in [0.15, 0.2) is 53.7 Å². The Labute approximate surface area is 127 Å². The molecule has 1 unspecified atom stereocenters. The van der Waals surface area contributed by atoms with Crippen molar-refractivity contribution in [3.8, 4) is 0 Å². The molecule has 1 N–H and O–H groups in total. The fourth-order valence-electron chi connectivity index (χ4n) is 1.81. The lowest BCUT2D eigenvalue weighted by atomic mass is 9.85. The average molecular weight is 360 g/mol. The Kier molecular flexibility index (Phi) is 5.32. The molecule has 0 heterocycles. The number of halogens is 6. The van der Waals surface area contributed by atoms with E-state index in [1.54, 1.807) is 0 Å². The molecule has 128 valence electrons. The topological polar surface area (TPSA) is 54.4 Å². The lowest BCUT2D eigenvalue weighted by Crippen LogP contribution is -2.42. The molecule has 1 rings (SSSR count). The van der Waals surface area contributed by atoms with Gasteiger partial charge in [-0.3, -0.25) is 4.55 Å². The molecule has 0 bridgehead atoms. The number of rotatable bonds is 6. The Morgan fingerprint density at radius 3 is 1.96 bits per heavy atom. The summed E-state index contributed by atoms with van der Waals surface area (Å²) in [5.74, 6) is -8.46. The minimum Gasteiger partial charge on any atom is -0.282 e. The third-order valence-electron chi connectivity index (χ3n) is 2.97. The van der Waals surface area contributed by atoms with Gasteiger partial charge in [-0.25, -0.2) is 4.39 Å². The number of allylic oxidation sites excluding steroid dienone is 2. The molecule has 1 aromatic rings. The molecular weight excluding hydrogens is 350 g/mol. The zero-order valence-corrected chi connectivity index (χ0v) is 12.1. The molecule has 0 spiro atoms. The molecule has 0 radical (unpaired) electrons. The van der Waals surface area contributed by atoms with E-state index in [-0.39, 0.29) is 0 Å². The molecular formula is C13H10F6O3S. The van der Waals surface area contributed by atoms with Crippen molar-refractivity contribution in [3.05, 3.63) is 54.4 Å². The van der Waals surface area contributed by atoms with Crippen molar-refractivity contribution in [2.24, 2.45) is 0 Å². The number of hydrogen-bond acceptors (Lipinski definition) is 2. The van der Waals surface area contributed by atoms with E-state index < -0.39 is 50.5 Å². The van der Waals surface area contributed by atoms with Gasteiger partial charge in [-0.05, 0) is 17.7 Å². The lowest BCUT2D eigenvalue weighted by Gasteiger charge is -2.31. The highest BCUT2D eigenvalue weighted by Gasteiger charge is 2.60. The van der Waals surface area contributed by atoms with Crippen LogP contribution in [0.25, 0.3) is 0 Å². The maximum Gasteiger partial charge on any atom is 0.341 e. The fourth-order valence-corrected chi connectivity index (χ4v) is 2.29. The quantitative estimate of drug-likeness (QED) is 0.465. The van der Waals surface area contributed by atoms with Crippen LogP contribution in [0.4, 0.5) is 26.3 Å². The van der Waals surface area contributed by atoms with E-state index in [2.05, 4.69) is 6.58 Å². The summed E-state index contributed by atoms with van der Waals surface area (Å²) in [6.07, 6.45) is -3.98. The van der Waals surface area contributed by atoms with Crippen LogP contribution in [0.3, 0.4) is 0 Å². The van der Waals surface area contributed by atoms with Gasteiger partial charge in [-0.1, -0.05) is 18.2 Å². The fraction of sp³-hybridized carbons (Fsp3) is 0.231. The molecule has 0 fully saturated rings. The van der Waals surface area contributed by atoms with Gasteiger partial charge in [0.1, 0.15) is 0 Å². The third kappa shape index (κ3) is 3.58. The maximum absolute atomic E-state index is 14.7. The molecule has 10 heteroatoms. The van der Waals surface area contributed by atoms with Crippen molar-refractivity contribution in [3.63, 3.8) is 0 Å². The Bertz CT molecular complexity index is 723. The maximum atomic E-state index is 14.7. The summed E-state index contributed by atoms with van der Waals surface area (Å²) in [5.41, 5.74) is -4.90. The second-order valence-corrected chi connectivity index (χ2v) is 5.86. The molecule has 0 aromatic heterocycles. The van der Waals surface area contributed by atoms with Gasteiger partial charge in [0.15, 0.2) is 0 Å². The number of hydrogen-bond donors (Lipinski definition) is 1. The average Bonchev–Trinajstić information content (AvgIpc) is 2.45. The van der Waals surface area contributed by atoms with Gasteiger partial charge < -0.3 is 0 Å². The molecule has 0 saturated heterocycles. The zero-order valence-electron chi connectivity index (χ0n) is 11.2. The number of alkyl halides is 3. The molecule has 0 amide bonds. The summed E-state index contributed by atoms with van der Waals surface area (Å²) in [7, 11) is -4.68. The zero-order chi connectivity index (χ0) is 18.1. The van der Waals surface area contributed by atoms with Crippen LogP contribution in [0.2, 0.25) is 0 Å². The predicted octanol–water partition coefficient (Wildman–Crippen LogP) is 4.39. The van der Waals surface area contributed by atoms with Crippen LogP contribution >= 0.6 is 0 Å². The van der Waals surface area contributed by atoms with Crippen molar-refractivity contribution in [1.82, 2.24) is 0 Å². The van der Waals surface area contributed by atoms with Crippen LogP contribution in [0.5, 0.6) is 0 Å². The van der Waals surface area contributed by atoms with E-state index in [4.69, 9.17) is 4.55 Å². The van der Waals surface area contributed by atoms with Crippen molar-refractivity contribution in [1.29, 1.82) is 0 Å². The van der Waals surface area contributed by atoms with Crippen LogP contribution < -0.4 is 0 Å². The van der Waals surface area contributed by atoms with Gasteiger partial charge in [0.25, 0.3) is 10.1 Å². The highest BCUT2D eigenvalue weighted by atomic mass is 32.2. The van der Waals surface area contributed by atoms with Gasteiger partial charge in [0, 0.05) is 6.42 Å². The lowest BCUT2D eigenvalue weighted by molar-refractivity contribution is -0.129. The highest BCUT2D eigenvalue weighted by Crippen LogP contribution is 2.50. The van der Waals surface area contributed by atoms with E-state index in [1.165, 1.54) is 0 Å². The van der Waals surface area contributed by atoms with Gasteiger partial charge in [0.2, 0.25) is 11.5 Å². The van der Waals surface area contributed by atoms with Crippen molar-refractivity contribution in [2.45, 2.75) is 22.9 Å². The Hall–Kier alpha value is -1.81. The van der Waals surface area contributed by atoms with E-state index in [0.717, 1.165) is 0 Å². The van der Waals surface area contributed by atoms with E-state index in [1.807, 2.05) is 0 Å². The standard InChI is InChI=1S/C13H10F6O3S/c1-2-7-12(17,13(18,19)10(14)11(15)16)8-3-5-9(6-4-8)23(20,21)22/h2-6H,1,7H2,(H,20,21,22). The largest absolute Gasteiger partial charge is 0.341 e. The van der Waals surface area contributed by atoms with Gasteiger partial charge >= 0.3 is 12.0 Å². The summed E-state index contributed by atoms with van der Waals surface area (Å²) < 4.78 is 110. The second-order valence-electron chi connectivity index (χ2n) is 4.44. The molecule has 0 aliphatic carbocycles. The van der Waals surface area contributed by atoms with Gasteiger partial charge in [-0.2, -0.15) is 30.4 Å². The predicted molar refractivity (Wildman–Crippen MR) is 69.2 cm³/mol. The first-order valence-corrected chi connectivity index (χ1v) is 7.29. The summed E-state index contributed by atoms with van der Waals surface area (Å²) in [5, 5.41) is 0. The normalized spacial score (nSPS) is 14.9. The summed E-state index contributed by atoms with van der Waals surface area (Å²) in [6, 6.07) is 2.19. The number of benzene rings is 1. The molecule has 23 heavy (non-hydrogen) atoms. The minimum absolute atomic E-state index is 0.518.